The summed E-state index contributed by atoms with van der Waals surface area (Å²) in [6.07, 6.45) is 2.10. The van der Waals surface area contributed by atoms with Crippen LogP contribution in [-0.4, -0.2) is 30.4 Å². The van der Waals surface area contributed by atoms with Crippen molar-refractivity contribution in [3.63, 3.8) is 0 Å². The lowest BCUT2D eigenvalue weighted by atomic mass is 10.0. The van der Waals surface area contributed by atoms with Crippen LogP contribution in [0.1, 0.15) is 48.2 Å². The molecule has 1 aromatic carbocycles. The molecular weight excluding hydrogens is 248 g/mol. The van der Waals surface area contributed by atoms with Gasteiger partial charge in [-0.25, -0.2) is 0 Å². The average Bonchev–Trinajstić information content (AvgIpc) is 2.45. The van der Waals surface area contributed by atoms with Gasteiger partial charge in [0.1, 0.15) is 0 Å². The van der Waals surface area contributed by atoms with Gasteiger partial charge in [0.05, 0.1) is 12.1 Å². The summed E-state index contributed by atoms with van der Waals surface area (Å²) in [6, 6.07) is 5.77. The number of rotatable bonds is 5. The van der Waals surface area contributed by atoms with E-state index in [0.29, 0.717) is 12.1 Å². The first-order chi connectivity index (χ1) is 9.63. The Morgan fingerprint density at radius 2 is 2.10 bits per heavy atom. The molecule has 0 spiro atoms. The highest BCUT2D eigenvalue weighted by Gasteiger charge is 2.16. The average molecular weight is 272 g/mol. The van der Waals surface area contributed by atoms with E-state index in [1.807, 2.05) is 36.9 Å². The number of amides is 1. The molecule has 0 aliphatic heterocycles. The maximum atomic E-state index is 12.6. The van der Waals surface area contributed by atoms with Gasteiger partial charge >= 0.3 is 0 Å². The zero-order valence-electron chi connectivity index (χ0n) is 12.7. The maximum absolute atomic E-state index is 12.6. The van der Waals surface area contributed by atoms with Crippen LogP contribution in [0.3, 0.4) is 0 Å². The summed E-state index contributed by atoms with van der Waals surface area (Å²) in [6.45, 7) is 7.95. The van der Waals surface area contributed by atoms with E-state index in [1.165, 1.54) is 0 Å². The Balaban J connectivity index is 3.07. The molecule has 1 amide bonds. The van der Waals surface area contributed by atoms with Gasteiger partial charge in [0.15, 0.2) is 0 Å². The van der Waals surface area contributed by atoms with Gasteiger partial charge in [-0.05, 0) is 38.0 Å². The SMILES string of the molecule is CCCCN(CC)C(=O)c1ccc(C)cc1C#CCN. The van der Waals surface area contributed by atoms with E-state index in [4.69, 9.17) is 5.73 Å². The summed E-state index contributed by atoms with van der Waals surface area (Å²) < 4.78 is 0. The molecule has 0 aliphatic rings. The quantitative estimate of drug-likeness (QED) is 0.837. The van der Waals surface area contributed by atoms with Crippen molar-refractivity contribution in [3.05, 3.63) is 34.9 Å². The molecule has 0 bridgehead atoms. The van der Waals surface area contributed by atoms with Crippen molar-refractivity contribution in [2.24, 2.45) is 5.73 Å². The van der Waals surface area contributed by atoms with Crippen molar-refractivity contribution in [2.75, 3.05) is 19.6 Å². The number of hydrogen-bond donors (Lipinski definition) is 1. The molecule has 3 heteroatoms. The van der Waals surface area contributed by atoms with Gasteiger partial charge < -0.3 is 10.6 Å². The molecule has 1 rings (SSSR count). The molecule has 0 saturated carbocycles. The lowest BCUT2D eigenvalue weighted by molar-refractivity contribution is 0.0762. The second kappa shape index (κ2) is 8.39. The van der Waals surface area contributed by atoms with E-state index in [0.717, 1.165) is 37.1 Å². The number of carbonyl (C=O) groups excluding carboxylic acids is 1. The Bertz CT molecular complexity index is 511. The summed E-state index contributed by atoms with van der Waals surface area (Å²) in [5.74, 6) is 5.90. The first kappa shape index (κ1) is 16.3. The minimum atomic E-state index is 0.0577. The molecule has 0 radical (unpaired) electrons. The van der Waals surface area contributed by atoms with Crippen molar-refractivity contribution in [1.29, 1.82) is 0 Å². The van der Waals surface area contributed by atoms with Crippen LogP contribution in [0.15, 0.2) is 18.2 Å². The topological polar surface area (TPSA) is 46.3 Å². The fourth-order valence-corrected chi connectivity index (χ4v) is 2.02. The normalized spacial score (nSPS) is 9.80. The predicted molar refractivity (Wildman–Crippen MR) is 83.6 cm³/mol. The molecule has 2 N–H and O–H groups in total. The molecule has 0 aromatic heterocycles. The van der Waals surface area contributed by atoms with E-state index in [2.05, 4.69) is 18.8 Å². The van der Waals surface area contributed by atoms with Gasteiger partial charge in [0.25, 0.3) is 5.91 Å². The Morgan fingerprint density at radius 1 is 1.35 bits per heavy atom. The summed E-state index contributed by atoms with van der Waals surface area (Å²) >= 11 is 0. The number of nitrogens with two attached hydrogens (primary N) is 1. The van der Waals surface area contributed by atoms with Crippen molar-refractivity contribution in [3.8, 4) is 11.8 Å². The van der Waals surface area contributed by atoms with Crippen LogP contribution in [0, 0.1) is 18.8 Å². The molecule has 3 nitrogen and oxygen atoms in total. The van der Waals surface area contributed by atoms with E-state index in [9.17, 15) is 4.79 Å². The molecule has 0 atom stereocenters. The molecule has 1 aromatic rings. The van der Waals surface area contributed by atoms with Gasteiger partial charge in [-0.1, -0.05) is 31.3 Å². The molecule has 0 heterocycles. The predicted octanol–water partition coefficient (Wildman–Crippen LogP) is 2.57. The van der Waals surface area contributed by atoms with Gasteiger partial charge in [-0.2, -0.15) is 0 Å². The van der Waals surface area contributed by atoms with Crippen LogP contribution in [-0.2, 0) is 0 Å². The van der Waals surface area contributed by atoms with Crippen molar-refractivity contribution >= 4 is 5.91 Å². The standard InChI is InChI=1S/C17H24N2O/c1-4-6-12-19(5-2)17(20)16-10-9-14(3)13-15(16)8-7-11-18/h9-10,13H,4-6,11-12,18H2,1-3H3. The van der Waals surface area contributed by atoms with Crippen molar-refractivity contribution in [2.45, 2.75) is 33.6 Å². The summed E-state index contributed by atoms with van der Waals surface area (Å²) in [7, 11) is 0. The lowest BCUT2D eigenvalue weighted by Gasteiger charge is -2.21. The number of hydrogen-bond acceptors (Lipinski definition) is 2. The van der Waals surface area contributed by atoms with E-state index >= 15 is 0 Å². The summed E-state index contributed by atoms with van der Waals surface area (Å²) in [4.78, 5) is 14.5. The fraction of sp³-hybridized carbons (Fsp3) is 0.471. The highest BCUT2D eigenvalue weighted by atomic mass is 16.2. The number of benzene rings is 1. The fourth-order valence-electron chi connectivity index (χ4n) is 2.02. The third kappa shape index (κ3) is 4.40. The first-order valence-corrected chi connectivity index (χ1v) is 7.22. The summed E-state index contributed by atoms with van der Waals surface area (Å²) in [5, 5.41) is 0. The van der Waals surface area contributed by atoms with Crippen LogP contribution in [0.5, 0.6) is 0 Å². The third-order valence-corrected chi connectivity index (χ3v) is 3.18. The van der Waals surface area contributed by atoms with Gasteiger partial charge in [-0.15, -0.1) is 0 Å². The van der Waals surface area contributed by atoms with Crippen LogP contribution in [0.4, 0.5) is 0 Å². The lowest BCUT2D eigenvalue weighted by Crippen LogP contribution is -2.32. The minimum Gasteiger partial charge on any atom is -0.339 e. The first-order valence-electron chi connectivity index (χ1n) is 7.22. The maximum Gasteiger partial charge on any atom is 0.255 e. The number of carbonyl (C=O) groups is 1. The second-order valence-electron chi connectivity index (χ2n) is 4.79. The zero-order chi connectivity index (χ0) is 15.0. The molecular formula is C17H24N2O. The monoisotopic (exact) mass is 272 g/mol. The molecule has 0 fully saturated rings. The van der Waals surface area contributed by atoms with Gasteiger partial charge in [0.2, 0.25) is 0 Å². The minimum absolute atomic E-state index is 0.0577. The van der Waals surface area contributed by atoms with E-state index in [1.54, 1.807) is 0 Å². The highest BCUT2D eigenvalue weighted by Crippen LogP contribution is 2.14. The highest BCUT2D eigenvalue weighted by molar-refractivity contribution is 5.96. The number of aryl methyl sites for hydroxylation is 1. The second-order valence-corrected chi connectivity index (χ2v) is 4.79. The van der Waals surface area contributed by atoms with E-state index < -0.39 is 0 Å². The van der Waals surface area contributed by atoms with Gasteiger partial charge in [0, 0.05) is 18.7 Å². The van der Waals surface area contributed by atoms with Crippen LogP contribution in [0.25, 0.3) is 0 Å². The van der Waals surface area contributed by atoms with Crippen LogP contribution < -0.4 is 5.73 Å². The Labute approximate surface area is 122 Å². The Kier molecular flexibility index (Phi) is 6.83. The van der Waals surface area contributed by atoms with Crippen molar-refractivity contribution in [1.82, 2.24) is 4.90 Å². The van der Waals surface area contributed by atoms with Crippen LogP contribution in [0.2, 0.25) is 0 Å². The number of unbranched alkanes of at least 4 members (excludes halogenated alkanes) is 1. The molecule has 20 heavy (non-hydrogen) atoms. The van der Waals surface area contributed by atoms with E-state index in [-0.39, 0.29) is 5.91 Å². The largest absolute Gasteiger partial charge is 0.339 e. The van der Waals surface area contributed by atoms with Crippen molar-refractivity contribution < 1.29 is 4.79 Å². The Hall–Kier alpha value is -1.79. The molecule has 0 saturated heterocycles. The molecule has 0 unspecified atom stereocenters. The van der Waals surface area contributed by atoms with Crippen LogP contribution >= 0.6 is 0 Å². The molecule has 0 aliphatic carbocycles. The van der Waals surface area contributed by atoms with Gasteiger partial charge in [-0.3, -0.25) is 4.79 Å². The summed E-state index contributed by atoms with van der Waals surface area (Å²) in [5.41, 5.74) is 7.97. The molecule has 108 valence electrons. The Morgan fingerprint density at radius 3 is 2.70 bits per heavy atom. The third-order valence-electron chi connectivity index (χ3n) is 3.18. The number of nitrogens with zero attached hydrogens (tertiary/aromatic N) is 1. The zero-order valence-corrected chi connectivity index (χ0v) is 12.7. The smallest absolute Gasteiger partial charge is 0.255 e.